The summed E-state index contributed by atoms with van der Waals surface area (Å²) in [5.74, 6) is 1.26. The van der Waals surface area contributed by atoms with Crippen molar-refractivity contribution in [3.05, 3.63) is 11.6 Å². The molecule has 3 saturated carbocycles. The lowest BCUT2D eigenvalue weighted by molar-refractivity contribution is -0.181. The monoisotopic (exact) mass is 459 g/mol. The number of fused-ring (bicyclic) bond motifs is 4. The maximum absolute atomic E-state index is 10.7. The molecule has 6 rings (SSSR count). The van der Waals surface area contributed by atoms with Crippen LogP contribution in [0, 0.1) is 28.1 Å². The second-order valence-electron chi connectivity index (χ2n) is 13.0. The van der Waals surface area contributed by atoms with Gasteiger partial charge in [-0.3, -0.25) is 0 Å². The minimum absolute atomic E-state index is 0.0252. The van der Waals surface area contributed by atoms with Crippen LogP contribution in [-0.4, -0.2) is 45.8 Å². The predicted molar refractivity (Wildman–Crippen MR) is 132 cm³/mol. The summed E-state index contributed by atoms with van der Waals surface area (Å²) in [4.78, 5) is 0. The van der Waals surface area contributed by atoms with E-state index in [1.807, 2.05) is 13.8 Å². The van der Waals surface area contributed by atoms with Crippen molar-refractivity contribution in [1.29, 1.82) is 0 Å². The second kappa shape index (κ2) is 8.32. The van der Waals surface area contributed by atoms with Crippen LogP contribution in [0.5, 0.6) is 0 Å². The number of rotatable bonds is 2. The molecule has 0 aromatic heterocycles. The normalized spacial score (nSPS) is 53.3. The first-order valence-corrected chi connectivity index (χ1v) is 14.2. The standard InChI is InChI=1S/C27H43NO3.C2H6/c1-18-12-23-22(28(30)16-18)15-27(31-23)10-5-9-26(17-25(26,27)3)14-20-7-4-6-19-13-21(29)8-11-24(19,20)2;1-2/h6,18,20-23,29-30H,4-5,7-17H2,1-3H3;1-2H3. The van der Waals surface area contributed by atoms with Gasteiger partial charge in [-0.1, -0.05) is 46.3 Å². The van der Waals surface area contributed by atoms with Crippen molar-refractivity contribution in [3.8, 4) is 0 Å². The van der Waals surface area contributed by atoms with Gasteiger partial charge < -0.3 is 15.1 Å². The summed E-state index contributed by atoms with van der Waals surface area (Å²) >= 11 is 0. The van der Waals surface area contributed by atoms with Crippen molar-refractivity contribution < 1.29 is 15.1 Å². The number of allylic oxidation sites excluding steroid dienone is 1. The van der Waals surface area contributed by atoms with Crippen LogP contribution in [0.1, 0.15) is 112 Å². The lowest BCUT2D eigenvalue weighted by Crippen LogP contribution is -2.47. The van der Waals surface area contributed by atoms with E-state index >= 15 is 0 Å². The third-order valence-electron chi connectivity index (χ3n) is 11.5. The van der Waals surface area contributed by atoms with Crippen molar-refractivity contribution in [3.63, 3.8) is 0 Å². The number of hydrogen-bond acceptors (Lipinski definition) is 4. The molecule has 2 N–H and O–H groups in total. The highest BCUT2D eigenvalue weighted by molar-refractivity contribution is 5.29. The first-order valence-electron chi connectivity index (χ1n) is 14.2. The van der Waals surface area contributed by atoms with Crippen LogP contribution in [0.15, 0.2) is 11.6 Å². The highest BCUT2D eigenvalue weighted by atomic mass is 16.5. The summed E-state index contributed by atoms with van der Waals surface area (Å²) in [6.07, 6.45) is 16.7. The lowest BCUT2D eigenvalue weighted by Gasteiger charge is -2.50. The van der Waals surface area contributed by atoms with E-state index in [0.29, 0.717) is 16.7 Å². The number of piperidine rings is 1. The Labute approximate surface area is 202 Å². The van der Waals surface area contributed by atoms with Gasteiger partial charge in [-0.15, -0.1) is 0 Å². The summed E-state index contributed by atoms with van der Waals surface area (Å²) < 4.78 is 7.01. The van der Waals surface area contributed by atoms with Crippen molar-refractivity contribution in [2.24, 2.45) is 28.1 Å². The number of hydrogen-bond donors (Lipinski definition) is 2. The summed E-state index contributed by atoms with van der Waals surface area (Å²) in [5.41, 5.74) is 2.52. The maximum Gasteiger partial charge on any atom is 0.0765 e. The van der Waals surface area contributed by atoms with Gasteiger partial charge in [0.15, 0.2) is 0 Å². The van der Waals surface area contributed by atoms with E-state index in [4.69, 9.17) is 4.74 Å². The SMILES string of the molecule is CC.CC1CC2OC3(CCCC4(CC5CCC=C6CC(O)CCC65C)CC43C)CC2N(O)C1. The molecule has 33 heavy (non-hydrogen) atoms. The summed E-state index contributed by atoms with van der Waals surface area (Å²) in [6.45, 7) is 12.1. The largest absolute Gasteiger partial charge is 0.393 e. The summed E-state index contributed by atoms with van der Waals surface area (Å²) in [6, 6.07) is 0.200. The van der Waals surface area contributed by atoms with Gasteiger partial charge in [0.25, 0.3) is 0 Å². The molecule has 4 aliphatic carbocycles. The third kappa shape index (κ3) is 3.52. The molecule has 188 valence electrons. The minimum Gasteiger partial charge on any atom is -0.393 e. The van der Waals surface area contributed by atoms with E-state index in [1.54, 1.807) is 10.6 Å². The molecular formula is C29H49NO3. The van der Waals surface area contributed by atoms with E-state index in [1.165, 1.54) is 44.9 Å². The molecule has 0 aromatic carbocycles. The predicted octanol–water partition coefficient (Wildman–Crippen LogP) is 6.50. The number of ether oxygens (including phenoxy) is 1. The van der Waals surface area contributed by atoms with Gasteiger partial charge >= 0.3 is 0 Å². The number of aliphatic hydroxyl groups excluding tert-OH is 1. The average Bonchev–Trinajstić information content (AvgIpc) is 3.22. The highest BCUT2D eigenvalue weighted by Gasteiger charge is 2.77. The van der Waals surface area contributed by atoms with Gasteiger partial charge in [0.1, 0.15) is 0 Å². The second-order valence-corrected chi connectivity index (χ2v) is 13.0. The van der Waals surface area contributed by atoms with E-state index in [0.717, 1.165) is 44.6 Å². The smallest absolute Gasteiger partial charge is 0.0765 e. The van der Waals surface area contributed by atoms with Gasteiger partial charge in [-0.05, 0) is 99.7 Å². The van der Waals surface area contributed by atoms with Crippen molar-refractivity contribution >= 4 is 0 Å². The first-order chi connectivity index (χ1) is 15.7. The Hall–Kier alpha value is -0.420. The van der Waals surface area contributed by atoms with Crippen LogP contribution in [-0.2, 0) is 4.74 Å². The van der Waals surface area contributed by atoms with E-state index < -0.39 is 0 Å². The van der Waals surface area contributed by atoms with Crippen LogP contribution in [0.4, 0.5) is 0 Å². The molecule has 2 aliphatic heterocycles. The molecule has 6 aliphatic rings. The Morgan fingerprint density at radius 3 is 2.73 bits per heavy atom. The molecule has 0 bridgehead atoms. The first kappa shape index (κ1) is 24.3. The Morgan fingerprint density at radius 2 is 1.94 bits per heavy atom. The molecule has 2 saturated heterocycles. The molecule has 0 amide bonds. The quantitative estimate of drug-likeness (QED) is 0.463. The van der Waals surface area contributed by atoms with Crippen LogP contribution in [0.3, 0.4) is 0 Å². The van der Waals surface area contributed by atoms with Crippen molar-refractivity contribution in [2.75, 3.05) is 6.54 Å². The number of nitrogens with zero attached hydrogens (tertiary/aromatic N) is 1. The fourth-order valence-corrected chi connectivity index (χ4v) is 9.43. The zero-order chi connectivity index (χ0) is 23.6. The molecule has 9 atom stereocenters. The van der Waals surface area contributed by atoms with Gasteiger partial charge in [0.2, 0.25) is 0 Å². The maximum atomic E-state index is 10.7. The topological polar surface area (TPSA) is 52.9 Å². The number of hydroxylamine groups is 2. The minimum atomic E-state index is -0.126. The highest BCUT2D eigenvalue weighted by Crippen LogP contribution is 2.80. The van der Waals surface area contributed by atoms with Crippen LogP contribution < -0.4 is 0 Å². The summed E-state index contributed by atoms with van der Waals surface area (Å²) in [7, 11) is 0. The fourth-order valence-electron chi connectivity index (χ4n) is 9.43. The molecule has 9 unspecified atom stereocenters. The third-order valence-corrected chi connectivity index (χ3v) is 11.5. The van der Waals surface area contributed by atoms with Gasteiger partial charge in [-0.2, -0.15) is 5.06 Å². The molecule has 4 nitrogen and oxygen atoms in total. The van der Waals surface area contributed by atoms with Crippen molar-refractivity contribution in [1.82, 2.24) is 5.06 Å². The average molecular weight is 460 g/mol. The van der Waals surface area contributed by atoms with E-state index in [2.05, 4.69) is 26.8 Å². The van der Waals surface area contributed by atoms with Gasteiger partial charge in [0, 0.05) is 12.0 Å². The van der Waals surface area contributed by atoms with Crippen LogP contribution >= 0.6 is 0 Å². The van der Waals surface area contributed by atoms with Gasteiger partial charge in [-0.25, -0.2) is 0 Å². The molecule has 0 aromatic rings. The fraction of sp³-hybridized carbons (Fsp3) is 0.931. The molecular weight excluding hydrogens is 410 g/mol. The van der Waals surface area contributed by atoms with Crippen LogP contribution in [0.2, 0.25) is 0 Å². The Bertz CT molecular complexity index is 783. The molecule has 1 spiro atoms. The summed E-state index contributed by atoms with van der Waals surface area (Å²) in [5, 5.41) is 22.6. The zero-order valence-electron chi connectivity index (χ0n) is 21.9. The lowest BCUT2D eigenvalue weighted by atomic mass is 9.56. The Balaban J connectivity index is 0.00000111. The number of aliphatic hydroxyl groups is 1. The molecule has 2 heterocycles. The van der Waals surface area contributed by atoms with E-state index in [9.17, 15) is 10.3 Å². The van der Waals surface area contributed by atoms with E-state index in [-0.39, 0.29) is 29.3 Å². The van der Waals surface area contributed by atoms with Crippen molar-refractivity contribution in [2.45, 2.75) is 136 Å². The Morgan fingerprint density at radius 1 is 1.15 bits per heavy atom. The molecule has 0 radical (unpaired) electrons. The molecule has 5 fully saturated rings. The zero-order valence-corrected chi connectivity index (χ0v) is 21.9. The van der Waals surface area contributed by atoms with Crippen LogP contribution in [0.25, 0.3) is 0 Å². The Kier molecular flexibility index (Phi) is 6.12. The van der Waals surface area contributed by atoms with Gasteiger partial charge in [0.05, 0.1) is 23.9 Å². The molecule has 4 heteroatoms.